The van der Waals surface area contributed by atoms with E-state index in [-0.39, 0.29) is 18.2 Å². The number of hydrogen-bond acceptors (Lipinski definition) is 4. The van der Waals surface area contributed by atoms with E-state index >= 15 is 0 Å². The molecule has 76 valence electrons. The fourth-order valence-electron chi connectivity index (χ4n) is 1.65. The molecule has 2 heterocycles. The third kappa shape index (κ3) is 1.37. The Morgan fingerprint density at radius 1 is 1.71 bits per heavy atom. The maximum absolute atomic E-state index is 11.4. The van der Waals surface area contributed by atoms with Crippen LogP contribution in [0.15, 0.2) is 11.6 Å². The van der Waals surface area contributed by atoms with Crippen molar-refractivity contribution in [3.05, 3.63) is 16.6 Å². The molecule has 1 aliphatic rings. The predicted molar refractivity (Wildman–Crippen MR) is 53.2 cm³/mol. The van der Waals surface area contributed by atoms with E-state index in [0.29, 0.717) is 6.54 Å². The van der Waals surface area contributed by atoms with Gasteiger partial charge in [0, 0.05) is 18.1 Å². The van der Waals surface area contributed by atoms with Crippen molar-refractivity contribution in [2.45, 2.75) is 26.0 Å². The van der Waals surface area contributed by atoms with Crippen molar-refractivity contribution in [1.29, 1.82) is 0 Å². The summed E-state index contributed by atoms with van der Waals surface area (Å²) in [4.78, 5) is 17.3. The minimum atomic E-state index is -0.236. The first-order valence-corrected chi connectivity index (χ1v) is 5.48. The summed E-state index contributed by atoms with van der Waals surface area (Å²) in [7, 11) is 0. The van der Waals surface area contributed by atoms with Crippen LogP contribution in [-0.4, -0.2) is 28.6 Å². The Morgan fingerprint density at radius 2 is 2.50 bits per heavy atom. The number of rotatable bonds is 2. The number of amides is 1. The number of carbonyl (C=O) groups excluding carboxylic acids is 1. The van der Waals surface area contributed by atoms with Crippen molar-refractivity contribution >= 4 is 17.4 Å². The van der Waals surface area contributed by atoms with E-state index < -0.39 is 0 Å². The lowest BCUT2D eigenvalue weighted by Crippen LogP contribution is -2.31. The first-order valence-electron chi connectivity index (χ1n) is 4.60. The molecule has 1 saturated heterocycles. The Balaban J connectivity index is 2.21. The first-order chi connectivity index (χ1) is 6.74. The van der Waals surface area contributed by atoms with Gasteiger partial charge in [0.15, 0.2) is 6.10 Å². The number of cyclic esters (lactones) is 1. The van der Waals surface area contributed by atoms with Gasteiger partial charge >= 0.3 is 6.09 Å². The van der Waals surface area contributed by atoms with Gasteiger partial charge in [-0.1, -0.05) is 0 Å². The van der Waals surface area contributed by atoms with Crippen molar-refractivity contribution in [3.63, 3.8) is 0 Å². The molecule has 0 N–H and O–H groups in total. The summed E-state index contributed by atoms with van der Waals surface area (Å²) in [6.45, 7) is 4.62. The van der Waals surface area contributed by atoms with E-state index in [9.17, 15) is 4.79 Å². The van der Waals surface area contributed by atoms with Gasteiger partial charge in [0.1, 0.15) is 5.01 Å². The molecule has 0 bridgehead atoms. The summed E-state index contributed by atoms with van der Waals surface area (Å²) in [6, 6.07) is 0.0821. The van der Waals surface area contributed by atoms with Crippen LogP contribution in [0.2, 0.25) is 0 Å². The van der Waals surface area contributed by atoms with Crippen LogP contribution in [-0.2, 0) is 4.74 Å². The second-order valence-corrected chi connectivity index (χ2v) is 4.13. The van der Waals surface area contributed by atoms with E-state index in [1.807, 2.05) is 19.2 Å². The standard InChI is InChI=1S/C9H12N2O2S/c1-3-11-6(2)7(13-9(11)12)8-10-4-5-14-8/h4-7H,3H2,1-2H3/t6-,7+/m0/s1. The van der Waals surface area contributed by atoms with Crippen LogP contribution in [0.3, 0.4) is 0 Å². The maximum atomic E-state index is 11.4. The molecular weight excluding hydrogens is 200 g/mol. The monoisotopic (exact) mass is 212 g/mol. The molecule has 1 aromatic heterocycles. The lowest BCUT2D eigenvalue weighted by atomic mass is 10.2. The quantitative estimate of drug-likeness (QED) is 0.753. The highest BCUT2D eigenvalue weighted by Gasteiger charge is 2.39. The van der Waals surface area contributed by atoms with Crippen LogP contribution in [0.5, 0.6) is 0 Å². The predicted octanol–water partition coefficient (Wildman–Crippen LogP) is 2.04. The van der Waals surface area contributed by atoms with Gasteiger partial charge in [-0.05, 0) is 13.8 Å². The topological polar surface area (TPSA) is 42.4 Å². The van der Waals surface area contributed by atoms with Gasteiger partial charge in [-0.2, -0.15) is 0 Å². The fraction of sp³-hybridized carbons (Fsp3) is 0.556. The van der Waals surface area contributed by atoms with Crippen LogP contribution in [0.4, 0.5) is 4.79 Å². The van der Waals surface area contributed by atoms with Gasteiger partial charge in [0.05, 0.1) is 6.04 Å². The molecule has 1 fully saturated rings. The molecule has 4 nitrogen and oxygen atoms in total. The van der Waals surface area contributed by atoms with Gasteiger partial charge in [-0.15, -0.1) is 11.3 Å². The molecule has 14 heavy (non-hydrogen) atoms. The number of thiazole rings is 1. The lowest BCUT2D eigenvalue weighted by molar-refractivity contribution is 0.130. The molecule has 0 spiro atoms. The Morgan fingerprint density at radius 3 is 3.00 bits per heavy atom. The van der Waals surface area contributed by atoms with Crippen molar-refractivity contribution in [3.8, 4) is 0 Å². The molecule has 1 aliphatic heterocycles. The molecule has 2 rings (SSSR count). The minimum Gasteiger partial charge on any atom is -0.436 e. The summed E-state index contributed by atoms with van der Waals surface area (Å²) >= 11 is 1.52. The lowest BCUT2D eigenvalue weighted by Gasteiger charge is -2.17. The van der Waals surface area contributed by atoms with E-state index in [1.165, 1.54) is 11.3 Å². The van der Waals surface area contributed by atoms with Crippen LogP contribution >= 0.6 is 11.3 Å². The van der Waals surface area contributed by atoms with E-state index in [1.54, 1.807) is 11.1 Å². The van der Waals surface area contributed by atoms with Gasteiger partial charge in [0.25, 0.3) is 0 Å². The van der Waals surface area contributed by atoms with Crippen molar-refractivity contribution in [1.82, 2.24) is 9.88 Å². The third-order valence-electron chi connectivity index (χ3n) is 2.43. The van der Waals surface area contributed by atoms with Crippen LogP contribution in [0.25, 0.3) is 0 Å². The van der Waals surface area contributed by atoms with Crippen LogP contribution in [0.1, 0.15) is 25.0 Å². The number of aromatic nitrogens is 1. The average molecular weight is 212 g/mol. The number of nitrogens with zero attached hydrogens (tertiary/aromatic N) is 2. The normalized spacial score (nSPS) is 26.7. The van der Waals surface area contributed by atoms with Gasteiger partial charge in [-0.3, -0.25) is 0 Å². The Bertz CT molecular complexity index is 326. The second kappa shape index (κ2) is 3.57. The molecular formula is C9H12N2O2S. The minimum absolute atomic E-state index is 0.0821. The zero-order valence-electron chi connectivity index (χ0n) is 8.14. The SMILES string of the molecule is CCN1C(=O)O[C@@H](c2nccs2)[C@@H]1C. The number of ether oxygens (including phenoxy) is 1. The van der Waals surface area contributed by atoms with Crippen LogP contribution < -0.4 is 0 Å². The summed E-state index contributed by atoms with van der Waals surface area (Å²) in [5.41, 5.74) is 0. The number of hydrogen-bond donors (Lipinski definition) is 0. The zero-order valence-corrected chi connectivity index (χ0v) is 8.95. The maximum Gasteiger partial charge on any atom is 0.410 e. The summed E-state index contributed by atoms with van der Waals surface area (Å²) < 4.78 is 5.26. The molecule has 0 unspecified atom stereocenters. The first kappa shape index (κ1) is 9.45. The zero-order chi connectivity index (χ0) is 10.1. The largest absolute Gasteiger partial charge is 0.436 e. The fourth-order valence-corrected chi connectivity index (χ4v) is 2.42. The van der Waals surface area contributed by atoms with Crippen LogP contribution in [0, 0.1) is 0 Å². The second-order valence-electron chi connectivity index (χ2n) is 3.20. The van der Waals surface area contributed by atoms with Crippen molar-refractivity contribution in [2.24, 2.45) is 0 Å². The molecule has 0 aromatic carbocycles. The molecule has 0 radical (unpaired) electrons. The molecule has 2 atom stereocenters. The smallest absolute Gasteiger partial charge is 0.410 e. The van der Waals surface area contributed by atoms with Crippen molar-refractivity contribution < 1.29 is 9.53 Å². The summed E-state index contributed by atoms with van der Waals surface area (Å²) in [5.74, 6) is 0. The highest BCUT2D eigenvalue weighted by atomic mass is 32.1. The molecule has 1 amide bonds. The number of carbonyl (C=O) groups is 1. The summed E-state index contributed by atoms with van der Waals surface area (Å²) in [6.07, 6.45) is 1.30. The highest BCUT2D eigenvalue weighted by molar-refractivity contribution is 7.09. The molecule has 0 aliphatic carbocycles. The van der Waals surface area contributed by atoms with Crippen molar-refractivity contribution in [2.75, 3.05) is 6.54 Å². The van der Waals surface area contributed by atoms with E-state index in [4.69, 9.17) is 4.74 Å². The summed E-state index contributed by atoms with van der Waals surface area (Å²) in [5, 5.41) is 2.77. The number of likely N-dealkylation sites (N-methyl/N-ethyl adjacent to an activating group) is 1. The highest BCUT2D eigenvalue weighted by Crippen LogP contribution is 2.32. The molecule has 1 aromatic rings. The molecule has 0 saturated carbocycles. The van der Waals surface area contributed by atoms with Gasteiger partial charge in [-0.25, -0.2) is 9.78 Å². The Hall–Kier alpha value is -1.10. The average Bonchev–Trinajstić information content (AvgIpc) is 2.74. The molecule has 5 heteroatoms. The van der Waals surface area contributed by atoms with Gasteiger partial charge in [0.2, 0.25) is 0 Å². The van der Waals surface area contributed by atoms with E-state index in [0.717, 1.165) is 5.01 Å². The third-order valence-corrected chi connectivity index (χ3v) is 3.26. The van der Waals surface area contributed by atoms with E-state index in [2.05, 4.69) is 4.98 Å². The Labute approximate surface area is 86.5 Å². The van der Waals surface area contributed by atoms with Gasteiger partial charge < -0.3 is 9.64 Å². The Kier molecular flexibility index (Phi) is 2.41.